The molecule has 3 nitrogen and oxygen atoms in total. The van der Waals surface area contributed by atoms with E-state index in [9.17, 15) is 0 Å². The maximum Gasteiger partial charge on any atom is 0.181 e. The van der Waals surface area contributed by atoms with Gasteiger partial charge in [0.05, 0.1) is 5.69 Å². The second-order valence-electron chi connectivity index (χ2n) is 5.48. The first-order chi connectivity index (χ1) is 7.77. The molecule has 0 aliphatic heterocycles. The normalized spacial score (nSPS) is 32.1. The third-order valence-electron chi connectivity index (χ3n) is 4.06. The molecule has 0 saturated heterocycles. The summed E-state index contributed by atoms with van der Waals surface area (Å²) in [7, 11) is 0. The van der Waals surface area contributed by atoms with Gasteiger partial charge in [0.25, 0.3) is 0 Å². The summed E-state index contributed by atoms with van der Waals surface area (Å²) in [6, 6.07) is 0.503. The van der Waals surface area contributed by atoms with Gasteiger partial charge >= 0.3 is 0 Å². The maximum absolute atomic E-state index is 5.61. The second-order valence-corrected chi connectivity index (χ2v) is 5.48. The van der Waals surface area contributed by atoms with Crippen LogP contribution in [0.1, 0.15) is 50.5 Å². The molecule has 2 unspecified atom stereocenters. The van der Waals surface area contributed by atoms with Crippen LogP contribution in [0.2, 0.25) is 0 Å². The fraction of sp³-hybridized carbons (Fsp3) is 0.769. The van der Waals surface area contributed by atoms with Gasteiger partial charge in [0, 0.05) is 18.5 Å². The SMILES string of the molecule is CC(C)NCc1ncoc1C1C2CCCC21. The highest BCUT2D eigenvalue weighted by atomic mass is 16.3. The molecule has 2 saturated carbocycles. The molecule has 3 heteroatoms. The Morgan fingerprint density at radius 2 is 2.19 bits per heavy atom. The Morgan fingerprint density at radius 1 is 1.44 bits per heavy atom. The zero-order chi connectivity index (χ0) is 11.1. The monoisotopic (exact) mass is 220 g/mol. The summed E-state index contributed by atoms with van der Waals surface area (Å²) in [5.41, 5.74) is 1.13. The Morgan fingerprint density at radius 3 is 2.88 bits per heavy atom. The van der Waals surface area contributed by atoms with Crippen molar-refractivity contribution in [3.8, 4) is 0 Å². The van der Waals surface area contributed by atoms with E-state index >= 15 is 0 Å². The Labute approximate surface area is 96.6 Å². The predicted molar refractivity (Wildman–Crippen MR) is 62.1 cm³/mol. The van der Waals surface area contributed by atoms with Crippen molar-refractivity contribution in [3.05, 3.63) is 17.8 Å². The molecule has 2 atom stereocenters. The van der Waals surface area contributed by atoms with Crippen molar-refractivity contribution in [2.45, 2.75) is 51.6 Å². The minimum absolute atomic E-state index is 0.503. The van der Waals surface area contributed by atoms with Crippen molar-refractivity contribution < 1.29 is 4.42 Å². The zero-order valence-corrected chi connectivity index (χ0v) is 10.1. The zero-order valence-electron chi connectivity index (χ0n) is 10.1. The van der Waals surface area contributed by atoms with E-state index in [1.807, 2.05) is 0 Å². The van der Waals surface area contributed by atoms with Crippen molar-refractivity contribution in [1.82, 2.24) is 10.3 Å². The van der Waals surface area contributed by atoms with Gasteiger partial charge in [0.1, 0.15) is 5.76 Å². The molecule has 0 amide bonds. The van der Waals surface area contributed by atoms with E-state index in [2.05, 4.69) is 24.1 Å². The van der Waals surface area contributed by atoms with Crippen LogP contribution in [0.25, 0.3) is 0 Å². The van der Waals surface area contributed by atoms with Crippen LogP contribution in [0.4, 0.5) is 0 Å². The molecule has 88 valence electrons. The van der Waals surface area contributed by atoms with Crippen LogP contribution in [0, 0.1) is 11.8 Å². The standard InChI is InChI=1S/C13H20N2O/c1-8(2)14-6-11-13(16-7-15-11)12-9-4-3-5-10(9)12/h7-10,12,14H,3-6H2,1-2H3. The van der Waals surface area contributed by atoms with Gasteiger partial charge < -0.3 is 9.73 Å². The van der Waals surface area contributed by atoms with Crippen molar-refractivity contribution >= 4 is 0 Å². The Balaban J connectivity index is 1.69. The summed E-state index contributed by atoms with van der Waals surface area (Å²) in [6.07, 6.45) is 5.82. The topological polar surface area (TPSA) is 38.1 Å². The lowest BCUT2D eigenvalue weighted by molar-refractivity contribution is 0.473. The molecule has 1 aromatic rings. The number of rotatable bonds is 4. The predicted octanol–water partition coefficient (Wildman–Crippen LogP) is 2.69. The van der Waals surface area contributed by atoms with Crippen LogP contribution in [0.3, 0.4) is 0 Å². The fourth-order valence-electron chi connectivity index (χ4n) is 3.19. The Kier molecular flexibility index (Phi) is 2.51. The molecule has 2 aliphatic rings. The second kappa shape index (κ2) is 3.88. The number of fused-ring (bicyclic) bond motifs is 1. The van der Waals surface area contributed by atoms with Crippen LogP contribution in [0.15, 0.2) is 10.8 Å². The van der Waals surface area contributed by atoms with Gasteiger partial charge in [-0.1, -0.05) is 20.3 Å². The van der Waals surface area contributed by atoms with Crippen molar-refractivity contribution in [1.29, 1.82) is 0 Å². The van der Waals surface area contributed by atoms with Crippen LogP contribution in [0.5, 0.6) is 0 Å². The Hall–Kier alpha value is -0.830. The molecule has 1 N–H and O–H groups in total. The molecule has 3 rings (SSSR count). The summed E-state index contributed by atoms with van der Waals surface area (Å²) in [5.74, 6) is 3.68. The number of hydrogen-bond donors (Lipinski definition) is 1. The first-order valence-corrected chi connectivity index (χ1v) is 6.43. The first kappa shape index (κ1) is 10.3. The van der Waals surface area contributed by atoms with Crippen LogP contribution in [-0.2, 0) is 6.54 Å². The van der Waals surface area contributed by atoms with Gasteiger partial charge in [-0.05, 0) is 24.7 Å². The molecular formula is C13H20N2O. The number of aromatic nitrogens is 1. The van der Waals surface area contributed by atoms with Gasteiger partial charge in [0.15, 0.2) is 6.39 Å². The van der Waals surface area contributed by atoms with Gasteiger partial charge in [0.2, 0.25) is 0 Å². The number of hydrogen-bond acceptors (Lipinski definition) is 3. The van der Waals surface area contributed by atoms with Gasteiger partial charge in [-0.25, -0.2) is 4.98 Å². The van der Waals surface area contributed by atoms with Crippen LogP contribution >= 0.6 is 0 Å². The molecule has 0 bridgehead atoms. The lowest BCUT2D eigenvalue weighted by atomic mass is 10.1. The highest BCUT2D eigenvalue weighted by molar-refractivity contribution is 5.25. The summed E-state index contributed by atoms with van der Waals surface area (Å²) in [6.45, 7) is 5.16. The molecule has 0 aromatic carbocycles. The minimum Gasteiger partial charge on any atom is -0.448 e. The number of nitrogens with zero attached hydrogens (tertiary/aromatic N) is 1. The van der Waals surface area contributed by atoms with Gasteiger partial charge in [-0.2, -0.15) is 0 Å². The highest BCUT2D eigenvalue weighted by Crippen LogP contribution is 2.63. The highest BCUT2D eigenvalue weighted by Gasteiger charge is 2.55. The molecule has 1 aromatic heterocycles. The molecule has 2 fully saturated rings. The van der Waals surface area contributed by atoms with E-state index in [0.29, 0.717) is 12.0 Å². The molecule has 0 spiro atoms. The van der Waals surface area contributed by atoms with E-state index in [-0.39, 0.29) is 0 Å². The van der Waals surface area contributed by atoms with E-state index in [4.69, 9.17) is 4.42 Å². The van der Waals surface area contributed by atoms with Crippen LogP contribution in [-0.4, -0.2) is 11.0 Å². The lowest BCUT2D eigenvalue weighted by Crippen LogP contribution is -2.22. The molecular weight excluding hydrogens is 200 g/mol. The number of oxazole rings is 1. The van der Waals surface area contributed by atoms with Gasteiger partial charge in [-0.3, -0.25) is 0 Å². The quantitative estimate of drug-likeness (QED) is 0.847. The summed E-state index contributed by atoms with van der Waals surface area (Å²) < 4.78 is 5.61. The van der Waals surface area contributed by atoms with Gasteiger partial charge in [-0.15, -0.1) is 0 Å². The van der Waals surface area contributed by atoms with Crippen molar-refractivity contribution in [2.24, 2.45) is 11.8 Å². The minimum atomic E-state index is 0.503. The van der Waals surface area contributed by atoms with E-state index < -0.39 is 0 Å². The van der Waals surface area contributed by atoms with E-state index in [0.717, 1.165) is 24.1 Å². The smallest absolute Gasteiger partial charge is 0.181 e. The van der Waals surface area contributed by atoms with Crippen molar-refractivity contribution in [3.63, 3.8) is 0 Å². The third-order valence-corrected chi connectivity index (χ3v) is 4.06. The number of nitrogens with one attached hydrogen (secondary N) is 1. The fourth-order valence-corrected chi connectivity index (χ4v) is 3.19. The molecule has 16 heavy (non-hydrogen) atoms. The molecule has 0 radical (unpaired) electrons. The summed E-state index contributed by atoms with van der Waals surface area (Å²) >= 11 is 0. The molecule has 1 heterocycles. The van der Waals surface area contributed by atoms with E-state index in [1.54, 1.807) is 6.39 Å². The van der Waals surface area contributed by atoms with Crippen molar-refractivity contribution in [2.75, 3.05) is 0 Å². The maximum atomic E-state index is 5.61. The summed E-state index contributed by atoms with van der Waals surface area (Å²) in [4.78, 5) is 4.35. The average molecular weight is 220 g/mol. The largest absolute Gasteiger partial charge is 0.448 e. The Bertz CT molecular complexity index is 362. The third kappa shape index (κ3) is 1.67. The lowest BCUT2D eigenvalue weighted by Gasteiger charge is -2.07. The average Bonchev–Trinajstić information content (AvgIpc) is 2.73. The van der Waals surface area contributed by atoms with E-state index in [1.165, 1.54) is 25.0 Å². The first-order valence-electron chi connectivity index (χ1n) is 6.43. The molecule has 2 aliphatic carbocycles. The summed E-state index contributed by atoms with van der Waals surface area (Å²) in [5, 5.41) is 3.41. The van der Waals surface area contributed by atoms with Crippen LogP contribution < -0.4 is 5.32 Å².